The summed E-state index contributed by atoms with van der Waals surface area (Å²) < 4.78 is 0. The molecule has 0 saturated carbocycles. The Hall–Kier alpha value is -3.16. The van der Waals surface area contributed by atoms with Gasteiger partial charge < -0.3 is 10.4 Å². The first-order valence-corrected chi connectivity index (χ1v) is 8.07. The molecule has 0 aromatic carbocycles. The molecule has 0 fully saturated rings. The number of aromatic nitrogens is 3. The number of pyridine rings is 1. The van der Waals surface area contributed by atoms with Crippen LogP contribution in [-0.4, -0.2) is 43.3 Å². The third kappa shape index (κ3) is 4.08. The predicted molar refractivity (Wildman–Crippen MR) is 95.9 cm³/mol. The van der Waals surface area contributed by atoms with Gasteiger partial charge in [0.1, 0.15) is 17.6 Å². The number of carboxylic acid groups (broad SMARTS) is 1. The molecule has 0 bridgehead atoms. The van der Waals surface area contributed by atoms with Gasteiger partial charge in [-0.3, -0.25) is 9.78 Å². The number of amides is 1. The zero-order valence-electron chi connectivity index (χ0n) is 15.1. The van der Waals surface area contributed by atoms with E-state index in [1.165, 1.54) is 12.4 Å². The van der Waals surface area contributed by atoms with Gasteiger partial charge >= 0.3 is 5.97 Å². The number of hydrogen-bond acceptors (Lipinski definition) is 6. The van der Waals surface area contributed by atoms with E-state index in [0.29, 0.717) is 0 Å². The monoisotopic (exact) mass is 355 g/mol. The summed E-state index contributed by atoms with van der Waals surface area (Å²) in [7, 11) is 0. The van der Waals surface area contributed by atoms with Crippen molar-refractivity contribution in [1.29, 1.82) is 0 Å². The van der Waals surface area contributed by atoms with E-state index in [9.17, 15) is 14.7 Å². The van der Waals surface area contributed by atoms with Crippen molar-refractivity contribution in [2.45, 2.75) is 33.2 Å². The highest BCUT2D eigenvalue weighted by atomic mass is 16.4. The van der Waals surface area contributed by atoms with Gasteiger partial charge in [0.15, 0.2) is 5.84 Å². The minimum absolute atomic E-state index is 0.00118. The summed E-state index contributed by atoms with van der Waals surface area (Å²) in [5.41, 5.74) is 0.0816. The highest BCUT2D eigenvalue weighted by molar-refractivity contribution is 6.17. The lowest BCUT2D eigenvalue weighted by Crippen LogP contribution is -2.41. The first-order chi connectivity index (χ1) is 12.3. The van der Waals surface area contributed by atoms with Crippen molar-refractivity contribution < 1.29 is 14.7 Å². The molecule has 1 atom stereocenters. The van der Waals surface area contributed by atoms with E-state index in [4.69, 9.17) is 0 Å². The molecule has 8 nitrogen and oxygen atoms in total. The van der Waals surface area contributed by atoms with Crippen molar-refractivity contribution in [2.75, 3.05) is 0 Å². The summed E-state index contributed by atoms with van der Waals surface area (Å²) >= 11 is 0. The molecule has 2 aromatic heterocycles. The number of carboxylic acids is 1. The fourth-order valence-electron chi connectivity index (χ4n) is 2.22. The molecule has 3 rings (SSSR count). The Labute approximate surface area is 151 Å². The van der Waals surface area contributed by atoms with Gasteiger partial charge in [-0.2, -0.15) is 0 Å². The van der Waals surface area contributed by atoms with E-state index in [0.717, 1.165) is 5.56 Å². The largest absolute Gasteiger partial charge is 0.478 e. The molecule has 2 aromatic rings. The van der Waals surface area contributed by atoms with Crippen molar-refractivity contribution >= 4 is 17.7 Å². The van der Waals surface area contributed by atoms with Crippen LogP contribution in [0.25, 0.3) is 0 Å². The minimum atomic E-state index is -1.09. The fourth-order valence-corrected chi connectivity index (χ4v) is 2.22. The van der Waals surface area contributed by atoms with Crippen LogP contribution >= 0.6 is 0 Å². The van der Waals surface area contributed by atoms with E-state index in [1.54, 1.807) is 38.5 Å². The maximum Gasteiger partial charge on any atom is 0.338 e. The number of nitrogens with zero attached hydrogens (tertiary/aromatic N) is 4. The molecule has 1 unspecified atom stereocenters. The Bertz CT molecular complexity index is 809. The van der Waals surface area contributed by atoms with Gasteiger partial charge in [-0.25, -0.2) is 19.8 Å². The quantitative estimate of drug-likeness (QED) is 0.868. The van der Waals surface area contributed by atoms with Crippen molar-refractivity contribution in [3.8, 4) is 0 Å². The smallest absolute Gasteiger partial charge is 0.338 e. The van der Waals surface area contributed by atoms with Crippen molar-refractivity contribution in [2.24, 2.45) is 10.9 Å². The highest BCUT2D eigenvalue weighted by Gasteiger charge is 2.43. The Morgan fingerprint density at radius 3 is 2.35 bits per heavy atom. The van der Waals surface area contributed by atoms with Gasteiger partial charge in [0.2, 0.25) is 0 Å². The Morgan fingerprint density at radius 2 is 1.92 bits per heavy atom. The average molecular weight is 355 g/mol. The lowest BCUT2D eigenvalue weighted by molar-refractivity contribution is -0.124. The number of carbonyl (C=O) groups is 2. The van der Waals surface area contributed by atoms with E-state index in [1.807, 2.05) is 13.8 Å². The molecule has 3 heterocycles. The summed E-state index contributed by atoms with van der Waals surface area (Å²) in [4.78, 5) is 39.2. The van der Waals surface area contributed by atoms with Crippen LogP contribution in [-0.2, 0) is 4.79 Å². The molecule has 136 valence electrons. The van der Waals surface area contributed by atoms with Gasteiger partial charge in [0.05, 0.1) is 5.56 Å². The lowest BCUT2D eigenvalue weighted by Gasteiger charge is -2.21. The minimum Gasteiger partial charge on any atom is -0.478 e. The number of amidine groups is 1. The summed E-state index contributed by atoms with van der Waals surface area (Å²) in [6.07, 6.45) is 6.43. The van der Waals surface area contributed by atoms with Crippen molar-refractivity contribution in [3.05, 3.63) is 53.9 Å². The first kappa shape index (κ1) is 19.2. The van der Waals surface area contributed by atoms with Gasteiger partial charge in [-0.1, -0.05) is 13.8 Å². The maximum atomic E-state index is 12.1. The standard InChI is InChI=1S/C14H17N3O3.C4H4N2/c1-7(2)14(4)13(20)16-11(17-14)10-9(12(18)19)5-8(3)6-15-10;1-2-5-4-6-3-1/h5-7H,1-4H3,(H,18,19)(H,16,17,20);1-4H. The maximum absolute atomic E-state index is 12.1. The molecule has 8 heteroatoms. The van der Waals surface area contributed by atoms with Crippen LogP contribution in [0.5, 0.6) is 0 Å². The molecule has 0 radical (unpaired) electrons. The number of aliphatic imine (C=N–C) groups is 1. The van der Waals surface area contributed by atoms with Crippen LogP contribution in [0, 0.1) is 12.8 Å². The zero-order valence-corrected chi connectivity index (χ0v) is 15.1. The van der Waals surface area contributed by atoms with E-state index >= 15 is 0 Å². The van der Waals surface area contributed by atoms with Crippen LogP contribution in [0.15, 0.2) is 42.0 Å². The predicted octanol–water partition coefficient (Wildman–Crippen LogP) is 1.86. The highest BCUT2D eigenvalue weighted by Crippen LogP contribution is 2.27. The normalized spacial score (nSPS) is 18.7. The summed E-state index contributed by atoms with van der Waals surface area (Å²) in [5.74, 6) is -1.10. The number of aromatic carboxylic acids is 1. The topological polar surface area (TPSA) is 117 Å². The Kier molecular flexibility index (Phi) is 5.76. The number of carbonyl (C=O) groups excluding carboxylic acids is 1. The number of hydrogen-bond donors (Lipinski definition) is 2. The van der Waals surface area contributed by atoms with Crippen LogP contribution in [0.3, 0.4) is 0 Å². The van der Waals surface area contributed by atoms with Gasteiger partial charge in [-0.15, -0.1) is 0 Å². The summed E-state index contributed by atoms with van der Waals surface area (Å²) in [6, 6.07) is 3.30. The molecule has 26 heavy (non-hydrogen) atoms. The second-order valence-electron chi connectivity index (χ2n) is 6.33. The molecule has 1 aliphatic heterocycles. The van der Waals surface area contributed by atoms with Crippen molar-refractivity contribution in [1.82, 2.24) is 20.3 Å². The second-order valence-corrected chi connectivity index (χ2v) is 6.33. The molecular weight excluding hydrogens is 334 g/mol. The summed E-state index contributed by atoms with van der Waals surface area (Å²) in [5, 5.41) is 11.9. The average Bonchev–Trinajstić information content (AvgIpc) is 2.93. The summed E-state index contributed by atoms with van der Waals surface area (Å²) in [6.45, 7) is 7.28. The van der Waals surface area contributed by atoms with Crippen LogP contribution in [0.2, 0.25) is 0 Å². The zero-order chi connectivity index (χ0) is 19.3. The molecule has 1 amide bonds. The van der Waals surface area contributed by atoms with Crippen LogP contribution in [0.1, 0.15) is 42.4 Å². The number of nitrogens with one attached hydrogen (secondary N) is 1. The van der Waals surface area contributed by atoms with Crippen molar-refractivity contribution in [3.63, 3.8) is 0 Å². The van der Waals surface area contributed by atoms with Crippen LogP contribution in [0.4, 0.5) is 0 Å². The third-order valence-electron chi connectivity index (χ3n) is 4.12. The molecule has 0 aliphatic carbocycles. The SMILES string of the molecule is Cc1cnc(C2=NC(C)(C(C)C)C(=O)N2)c(C(=O)O)c1.c1cncnc1. The third-order valence-corrected chi connectivity index (χ3v) is 4.12. The van der Waals surface area contributed by atoms with Gasteiger partial charge in [-0.05, 0) is 37.5 Å². The van der Waals surface area contributed by atoms with Gasteiger partial charge in [0, 0.05) is 18.6 Å². The molecule has 2 N–H and O–H groups in total. The lowest BCUT2D eigenvalue weighted by atomic mass is 9.89. The van der Waals surface area contributed by atoms with E-state index < -0.39 is 11.5 Å². The number of aryl methyl sites for hydroxylation is 1. The number of rotatable bonds is 3. The van der Waals surface area contributed by atoms with E-state index in [2.05, 4.69) is 25.3 Å². The Balaban J connectivity index is 0.000000342. The Morgan fingerprint density at radius 1 is 1.27 bits per heavy atom. The molecular formula is C18H21N5O3. The second kappa shape index (κ2) is 7.81. The van der Waals surface area contributed by atoms with Gasteiger partial charge in [0.25, 0.3) is 5.91 Å². The molecule has 1 aliphatic rings. The first-order valence-electron chi connectivity index (χ1n) is 8.07. The molecule has 0 saturated heterocycles. The van der Waals surface area contributed by atoms with Crippen LogP contribution < -0.4 is 5.32 Å². The fraction of sp³-hybridized carbons (Fsp3) is 0.333. The molecule has 0 spiro atoms. The van der Waals surface area contributed by atoms with E-state index in [-0.39, 0.29) is 28.9 Å².